The highest BCUT2D eigenvalue weighted by molar-refractivity contribution is 5.78. The summed E-state index contributed by atoms with van der Waals surface area (Å²) in [5.41, 5.74) is 0.112. The van der Waals surface area contributed by atoms with Gasteiger partial charge in [-0.2, -0.15) is 0 Å². The Morgan fingerprint density at radius 1 is 0.906 bits per heavy atom. The molecule has 3 N–H and O–H groups in total. The van der Waals surface area contributed by atoms with Crippen LogP contribution in [0.2, 0.25) is 0 Å². The van der Waals surface area contributed by atoms with E-state index in [1.165, 1.54) is 6.92 Å². The average molecular weight is 900 g/mol. The van der Waals surface area contributed by atoms with Crippen LogP contribution in [0.5, 0.6) is 0 Å². The van der Waals surface area contributed by atoms with Gasteiger partial charge >= 0.3 is 5.97 Å². The third kappa shape index (κ3) is 10.2. The molecule has 2 bridgehead atoms. The van der Waals surface area contributed by atoms with Crippen molar-refractivity contribution in [1.29, 1.82) is 0 Å². The van der Waals surface area contributed by atoms with Gasteiger partial charge in [0, 0.05) is 58.7 Å². The molecule has 64 heavy (non-hydrogen) atoms. The summed E-state index contributed by atoms with van der Waals surface area (Å²) in [5.74, 6) is -2.81. The van der Waals surface area contributed by atoms with Crippen molar-refractivity contribution in [2.75, 3.05) is 20.8 Å². The van der Waals surface area contributed by atoms with Crippen LogP contribution in [-0.2, 0) is 57.0 Å². The maximum absolute atomic E-state index is 14.3. The SMILES string of the molecule is CO[C@H]1C[C@H](O[C@@H]2/C(C)=C/C[C@@H]3C[C@@H](C[C@]4(C=C[C@H](C)[C@@H](C(C)C)O4)O3)OC(=O)[C@@H]3C=C(C)[C@@H](O)[C@H]4OCC(=CC=C[C@@H]2C)[C@]43O)O[C@@H](C)[C@H]1O[C@H]1C[C@@H](OC)[C@H](NC(C)=O)[C@H](C)O1. The number of amides is 1. The summed E-state index contributed by atoms with van der Waals surface area (Å²) >= 11 is 0. The van der Waals surface area contributed by atoms with Gasteiger partial charge in [-0.05, 0) is 62.8 Å². The molecule has 19 atom stereocenters. The van der Waals surface area contributed by atoms with Crippen LogP contribution >= 0.6 is 0 Å². The summed E-state index contributed by atoms with van der Waals surface area (Å²) in [6, 6.07) is -0.314. The minimum atomic E-state index is -1.84. The first-order valence-corrected chi connectivity index (χ1v) is 23.3. The highest BCUT2D eigenvalue weighted by Crippen LogP contribution is 2.47. The van der Waals surface area contributed by atoms with Crippen LogP contribution in [0.1, 0.15) is 94.4 Å². The Morgan fingerprint density at radius 3 is 2.31 bits per heavy atom. The van der Waals surface area contributed by atoms with Gasteiger partial charge in [0.15, 0.2) is 18.4 Å². The Kier molecular flexibility index (Phi) is 15.5. The van der Waals surface area contributed by atoms with Crippen molar-refractivity contribution < 1.29 is 67.2 Å². The molecule has 1 aliphatic carbocycles. The molecule has 0 aromatic heterocycles. The van der Waals surface area contributed by atoms with Crippen LogP contribution in [0.4, 0.5) is 0 Å². The van der Waals surface area contributed by atoms with Crippen LogP contribution in [0.3, 0.4) is 0 Å². The zero-order valence-corrected chi connectivity index (χ0v) is 39.5. The van der Waals surface area contributed by atoms with Crippen LogP contribution in [0.15, 0.2) is 59.3 Å². The van der Waals surface area contributed by atoms with Gasteiger partial charge in [-0.1, -0.05) is 64.2 Å². The quantitative estimate of drug-likeness (QED) is 0.216. The van der Waals surface area contributed by atoms with E-state index in [0.29, 0.717) is 36.8 Å². The van der Waals surface area contributed by atoms with Crippen molar-refractivity contribution in [3.8, 4) is 0 Å². The van der Waals surface area contributed by atoms with Gasteiger partial charge in [0.05, 0.1) is 55.4 Å². The molecule has 0 saturated carbocycles. The van der Waals surface area contributed by atoms with E-state index in [2.05, 4.69) is 45.2 Å². The predicted octanol–water partition coefficient (Wildman–Crippen LogP) is 5.13. The summed E-state index contributed by atoms with van der Waals surface area (Å²) in [6.45, 7) is 17.5. The molecule has 15 heteroatoms. The van der Waals surface area contributed by atoms with E-state index in [4.69, 9.17) is 47.4 Å². The van der Waals surface area contributed by atoms with E-state index in [1.807, 2.05) is 39.0 Å². The second kappa shape index (κ2) is 20.2. The van der Waals surface area contributed by atoms with Gasteiger partial charge in [0.2, 0.25) is 5.91 Å². The van der Waals surface area contributed by atoms with Crippen LogP contribution in [0.25, 0.3) is 0 Å². The molecule has 358 valence electrons. The van der Waals surface area contributed by atoms with E-state index < -0.39 is 84.7 Å². The lowest BCUT2D eigenvalue weighted by Gasteiger charge is -2.48. The van der Waals surface area contributed by atoms with Crippen molar-refractivity contribution in [2.45, 2.75) is 192 Å². The lowest BCUT2D eigenvalue weighted by molar-refractivity contribution is -0.311. The van der Waals surface area contributed by atoms with Gasteiger partial charge in [0.1, 0.15) is 35.9 Å². The van der Waals surface area contributed by atoms with Gasteiger partial charge in [-0.3, -0.25) is 9.59 Å². The standard InChI is InChI=1S/C49H73NO14/c1-25(2)43-28(5)17-18-48(64-43)23-35-20-34(63-48)16-15-27(4)44(26(3)13-12-14-33-24-57-46-42(52)29(6)19-36(47(53)60-35)49(33,46)54)61-40-22-38(56-11)45(31(8)59-40)62-39-21-37(55-10)41(30(7)58-39)50-32(9)51/h12-15,17-19,25-26,28,30-31,34-46,52,54H,16,20-24H2,1-11H3,(H,50,51)/b13-12?,27-15+,33-14?/t26-,28-,30-,31-,34+,35-,36-,37+,38-,39-,40-,41+,42+,43+,44-,45+,46+,48+,49+/m0/s1. The smallest absolute Gasteiger partial charge is 0.316 e. The first-order valence-electron chi connectivity index (χ1n) is 23.3. The second-order valence-corrected chi connectivity index (χ2v) is 19.5. The number of carbonyl (C=O) groups excluding carboxylic acids is 2. The van der Waals surface area contributed by atoms with Gasteiger partial charge in [-0.25, -0.2) is 0 Å². The Bertz CT molecular complexity index is 1830. The van der Waals surface area contributed by atoms with E-state index in [1.54, 1.807) is 33.3 Å². The maximum Gasteiger partial charge on any atom is 0.316 e. The van der Waals surface area contributed by atoms with Crippen molar-refractivity contribution in [2.24, 2.45) is 23.7 Å². The zero-order chi connectivity index (χ0) is 46.2. The Morgan fingerprint density at radius 2 is 1.61 bits per heavy atom. The van der Waals surface area contributed by atoms with E-state index in [-0.39, 0.29) is 61.0 Å². The summed E-state index contributed by atoms with van der Waals surface area (Å²) in [4.78, 5) is 26.2. The average Bonchev–Trinajstić information content (AvgIpc) is 3.58. The highest BCUT2D eigenvalue weighted by atomic mass is 16.7. The van der Waals surface area contributed by atoms with Gasteiger partial charge in [-0.15, -0.1) is 0 Å². The number of aliphatic hydroxyl groups excluding tert-OH is 1. The van der Waals surface area contributed by atoms with Crippen LogP contribution < -0.4 is 5.32 Å². The number of fused-ring (bicyclic) bond motifs is 2. The third-order valence-corrected chi connectivity index (χ3v) is 14.4. The third-order valence-electron chi connectivity index (χ3n) is 14.4. The molecule has 4 saturated heterocycles. The number of hydrogen-bond donors (Lipinski definition) is 3. The minimum Gasteiger partial charge on any atom is -0.462 e. The molecular weight excluding hydrogens is 827 g/mol. The van der Waals surface area contributed by atoms with E-state index in [9.17, 15) is 19.8 Å². The van der Waals surface area contributed by atoms with Crippen LogP contribution in [-0.4, -0.2) is 140 Å². The molecule has 7 aliphatic rings. The lowest BCUT2D eigenvalue weighted by Crippen LogP contribution is -2.58. The van der Waals surface area contributed by atoms with E-state index >= 15 is 0 Å². The topological polar surface area (TPSA) is 179 Å². The number of methoxy groups -OCH3 is 2. The monoisotopic (exact) mass is 900 g/mol. The fraction of sp³-hybridized carbons (Fsp3) is 0.755. The Hall–Kier alpha value is -2.80. The first-order chi connectivity index (χ1) is 30.4. The van der Waals surface area contributed by atoms with Gasteiger partial charge in [0.25, 0.3) is 0 Å². The zero-order valence-electron chi connectivity index (χ0n) is 39.5. The molecule has 6 aliphatic heterocycles. The molecule has 15 nitrogen and oxygen atoms in total. The molecule has 6 heterocycles. The molecule has 0 radical (unpaired) electrons. The molecule has 0 aromatic carbocycles. The fourth-order valence-electron chi connectivity index (χ4n) is 10.9. The fourth-order valence-corrected chi connectivity index (χ4v) is 10.9. The summed E-state index contributed by atoms with van der Waals surface area (Å²) in [6.07, 6.45) is 8.46. The number of hydrogen-bond acceptors (Lipinski definition) is 14. The first kappa shape index (κ1) is 49.1. The van der Waals surface area contributed by atoms with Crippen LogP contribution in [0, 0.1) is 23.7 Å². The molecule has 1 amide bonds. The molecule has 0 unspecified atom stereocenters. The molecule has 0 aromatic rings. The highest BCUT2D eigenvalue weighted by Gasteiger charge is 2.60. The Balaban J connectivity index is 1.16. The molecular formula is C49H73NO14. The maximum atomic E-state index is 14.3. The predicted molar refractivity (Wildman–Crippen MR) is 234 cm³/mol. The van der Waals surface area contributed by atoms with Crippen molar-refractivity contribution in [1.82, 2.24) is 5.32 Å². The van der Waals surface area contributed by atoms with Gasteiger partial charge < -0.3 is 62.9 Å². The number of esters is 1. The second-order valence-electron chi connectivity index (χ2n) is 19.5. The summed E-state index contributed by atoms with van der Waals surface area (Å²) < 4.78 is 64.2. The normalized spacial score (nSPS) is 46.1. The summed E-state index contributed by atoms with van der Waals surface area (Å²) in [7, 11) is 3.27. The van der Waals surface area contributed by atoms with Crippen molar-refractivity contribution in [3.63, 3.8) is 0 Å². The molecule has 4 fully saturated rings. The molecule has 1 spiro atoms. The number of aliphatic hydroxyl groups is 2. The number of ether oxygens (including phenoxy) is 10. The minimum absolute atomic E-state index is 0.0266. The number of allylic oxidation sites excluding steroid dienone is 2. The van der Waals surface area contributed by atoms with E-state index in [0.717, 1.165) is 5.57 Å². The Labute approximate surface area is 378 Å². The lowest BCUT2D eigenvalue weighted by atomic mass is 9.71. The summed E-state index contributed by atoms with van der Waals surface area (Å²) in [5, 5.41) is 26.7. The van der Waals surface area contributed by atoms with Crippen molar-refractivity contribution >= 4 is 11.9 Å². The molecule has 7 rings (SSSR count). The number of rotatable bonds is 8. The largest absolute Gasteiger partial charge is 0.462 e. The number of carbonyl (C=O) groups is 2. The number of nitrogens with one attached hydrogen (secondary N) is 1. The van der Waals surface area contributed by atoms with Crippen molar-refractivity contribution in [3.05, 3.63) is 59.3 Å².